The van der Waals surface area contributed by atoms with Crippen LogP contribution in [0.2, 0.25) is 0 Å². The average molecular weight is 313 g/mol. The highest BCUT2D eigenvalue weighted by molar-refractivity contribution is 5.92. The fourth-order valence-electron chi connectivity index (χ4n) is 2.02. The summed E-state index contributed by atoms with van der Waals surface area (Å²) in [6, 6.07) is 9.63. The van der Waals surface area contributed by atoms with E-state index >= 15 is 0 Å². The Morgan fingerprint density at radius 3 is 2.61 bits per heavy atom. The molecule has 1 aromatic carbocycles. The molecule has 1 heterocycles. The maximum absolute atomic E-state index is 12.1. The van der Waals surface area contributed by atoms with E-state index in [4.69, 9.17) is 0 Å². The third-order valence-electron chi connectivity index (χ3n) is 3.29. The van der Waals surface area contributed by atoms with Crippen LogP contribution in [0.5, 0.6) is 0 Å². The monoisotopic (exact) mass is 313 g/mol. The van der Waals surface area contributed by atoms with Crippen LogP contribution in [0, 0.1) is 6.92 Å². The SMILES string of the molecule is Cc1ccc(Nc2cc(C(=O)NCCCN(C)C)ncn2)cc1. The molecule has 6 heteroatoms. The molecule has 122 valence electrons. The normalized spacial score (nSPS) is 10.6. The van der Waals surface area contributed by atoms with Crippen LogP contribution in [0.4, 0.5) is 11.5 Å². The first-order valence-electron chi connectivity index (χ1n) is 7.63. The first-order valence-corrected chi connectivity index (χ1v) is 7.63. The standard InChI is InChI=1S/C17H23N5O/c1-13-5-7-14(8-6-13)21-16-11-15(19-12-20-16)17(23)18-9-4-10-22(2)3/h5-8,11-12H,4,9-10H2,1-3H3,(H,18,23)(H,19,20,21). The van der Waals surface area contributed by atoms with E-state index in [0.29, 0.717) is 18.1 Å². The number of hydrogen-bond acceptors (Lipinski definition) is 5. The second-order valence-corrected chi connectivity index (χ2v) is 5.69. The van der Waals surface area contributed by atoms with Gasteiger partial charge in [-0.3, -0.25) is 4.79 Å². The Balaban J connectivity index is 1.93. The van der Waals surface area contributed by atoms with E-state index in [0.717, 1.165) is 18.7 Å². The third-order valence-corrected chi connectivity index (χ3v) is 3.29. The number of rotatable bonds is 7. The van der Waals surface area contributed by atoms with Crippen LogP contribution in [0.25, 0.3) is 0 Å². The van der Waals surface area contributed by atoms with Crippen molar-refractivity contribution in [2.75, 3.05) is 32.5 Å². The summed E-state index contributed by atoms with van der Waals surface area (Å²) in [5.74, 6) is 0.417. The fourth-order valence-corrected chi connectivity index (χ4v) is 2.02. The molecule has 2 rings (SSSR count). The van der Waals surface area contributed by atoms with Gasteiger partial charge in [0, 0.05) is 18.3 Å². The van der Waals surface area contributed by atoms with Gasteiger partial charge in [0.2, 0.25) is 0 Å². The highest BCUT2D eigenvalue weighted by Gasteiger charge is 2.08. The maximum atomic E-state index is 12.1. The number of hydrogen-bond donors (Lipinski definition) is 2. The lowest BCUT2D eigenvalue weighted by Gasteiger charge is -2.10. The molecule has 0 fully saturated rings. The first-order chi connectivity index (χ1) is 11.0. The number of carbonyl (C=O) groups excluding carboxylic acids is 1. The van der Waals surface area contributed by atoms with Crippen molar-refractivity contribution in [1.82, 2.24) is 20.2 Å². The van der Waals surface area contributed by atoms with E-state index in [2.05, 4.69) is 25.5 Å². The molecule has 0 radical (unpaired) electrons. The van der Waals surface area contributed by atoms with Crippen LogP contribution in [0.3, 0.4) is 0 Å². The topological polar surface area (TPSA) is 70.2 Å². The molecular formula is C17H23N5O. The molecular weight excluding hydrogens is 290 g/mol. The van der Waals surface area contributed by atoms with E-state index in [1.165, 1.54) is 11.9 Å². The number of nitrogens with one attached hydrogen (secondary N) is 2. The van der Waals surface area contributed by atoms with Gasteiger partial charge in [-0.05, 0) is 46.1 Å². The van der Waals surface area contributed by atoms with Crippen molar-refractivity contribution in [1.29, 1.82) is 0 Å². The molecule has 0 atom stereocenters. The van der Waals surface area contributed by atoms with Crippen molar-refractivity contribution in [2.24, 2.45) is 0 Å². The molecule has 0 aliphatic heterocycles. The summed E-state index contributed by atoms with van der Waals surface area (Å²) in [7, 11) is 4.02. The van der Waals surface area contributed by atoms with Gasteiger partial charge in [0.25, 0.3) is 5.91 Å². The van der Waals surface area contributed by atoms with Crippen LogP contribution in [-0.2, 0) is 0 Å². The van der Waals surface area contributed by atoms with Gasteiger partial charge in [0.05, 0.1) is 0 Å². The van der Waals surface area contributed by atoms with Crippen LogP contribution in [-0.4, -0.2) is 48.0 Å². The number of nitrogens with zero attached hydrogens (tertiary/aromatic N) is 3. The molecule has 6 nitrogen and oxygen atoms in total. The Labute approximate surface area is 137 Å². The van der Waals surface area contributed by atoms with Crippen LogP contribution >= 0.6 is 0 Å². The van der Waals surface area contributed by atoms with Crippen LogP contribution < -0.4 is 10.6 Å². The third kappa shape index (κ3) is 5.67. The molecule has 0 bridgehead atoms. The van der Waals surface area contributed by atoms with E-state index in [1.54, 1.807) is 6.07 Å². The van der Waals surface area contributed by atoms with Crippen LogP contribution in [0.15, 0.2) is 36.7 Å². The number of anilines is 2. The lowest BCUT2D eigenvalue weighted by Crippen LogP contribution is -2.27. The van der Waals surface area contributed by atoms with Crippen molar-refractivity contribution in [3.05, 3.63) is 47.9 Å². The summed E-state index contributed by atoms with van der Waals surface area (Å²) in [5, 5.41) is 6.04. The van der Waals surface area contributed by atoms with Gasteiger partial charge in [0.1, 0.15) is 17.8 Å². The van der Waals surface area contributed by atoms with Crippen molar-refractivity contribution >= 4 is 17.4 Å². The van der Waals surface area contributed by atoms with E-state index in [1.807, 2.05) is 45.3 Å². The Kier molecular flexibility index (Phi) is 6.05. The molecule has 0 saturated carbocycles. The van der Waals surface area contributed by atoms with Gasteiger partial charge in [-0.25, -0.2) is 9.97 Å². The Morgan fingerprint density at radius 1 is 1.17 bits per heavy atom. The Morgan fingerprint density at radius 2 is 1.91 bits per heavy atom. The maximum Gasteiger partial charge on any atom is 0.270 e. The number of benzene rings is 1. The molecule has 0 unspecified atom stereocenters. The van der Waals surface area contributed by atoms with Gasteiger partial charge < -0.3 is 15.5 Å². The van der Waals surface area contributed by atoms with Crippen molar-refractivity contribution in [3.8, 4) is 0 Å². The Bertz CT molecular complexity index is 640. The summed E-state index contributed by atoms with van der Waals surface area (Å²) in [5.41, 5.74) is 2.47. The van der Waals surface area contributed by atoms with Crippen molar-refractivity contribution in [3.63, 3.8) is 0 Å². The lowest BCUT2D eigenvalue weighted by atomic mass is 10.2. The van der Waals surface area contributed by atoms with Gasteiger partial charge in [-0.1, -0.05) is 17.7 Å². The zero-order valence-corrected chi connectivity index (χ0v) is 13.8. The Hall–Kier alpha value is -2.47. The van der Waals surface area contributed by atoms with E-state index < -0.39 is 0 Å². The number of amides is 1. The second kappa shape index (κ2) is 8.24. The zero-order chi connectivity index (χ0) is 16.7. The minimum atomic E-state index is -0.182. The molecule has 0 spiro atoms. The van der Waals surface area contributed by atoms with Crippen LogP contribution in [0.1, 0.15) is 22.5 Å². The first kappa shape index (κ1) is 16.9. The molecule has 0 aliphatic rings. The highest BCUT2D eigenvalue weighted by Crippen LogP contribution is 2.15. The minimum Gasteiger partial charge on any atom is -0.351 e. The molecule has 1 aromatic heterocycles. The molecule has 2 N–H and O–H groups in total. The summed E-state index contributed by atoms with van der Waals surface area (Å²) in [4.78, 5) is 22.4. The summed E-state index contributed by atoms with van der Waals surface area (Å²) >= 11 is 0. The summed E-state index contributed by atoms with van der Waals surface area (Å²) in [6.07, 6.45) is 2.30. The van der Waals surface area contributed by atoms with Gasteiger partial charge in [-0.2, -0.15) is 0 Å². The molecule has 23 heavy (non-hydrogen) atoms. The van der Waals surface area contributed by atoms with Gasteiger partial charge in [-0.15, -0.1) is 0 Å². The molecule has 0 aliphatic carbocycles. The van der Waals surface area contributed by atoms with Crippen molar-refractivity contribution in [2.45, 2.75) is 13.3 Å². The quantitative estimate of drug-likeness (QED) is 0.767. The average Bonchev–Trinajstić information content (AvgIpc) is 2.54. The predicted octanol–water partition coefficient (Wildman–Crippen LogP) is 2.21. The summed E-state index contributed by atoms with van der Waals surface area (Å²) < 4.78 is 0. The smallest absolute Gasteiger partial charge is 0.270 e. The number of aromatic nitrogens is 2. The lowest BCUT2D eigenvalue weighted by molar-refractivity contribution is 0.0947. The van der Waals surface area contributed by atoms with Gasteiger partial charge in [0.15, 0.2) is 0 Å². The fraction of sp³-hybridized carbons (Fsp3) is 0.353. The zero-order valence-electron chi connectivity index (χ0n) is 13.8. The van der Waals surface area contributed by atoms with E-state index in [-0.39, 0.29) is 5.91 Å². The molecule has 1 amide bonds. The van der Waals surface area contributed by atoms with Crippen molar-refractivity contribution < 1.29 is 4.79 Å². The largest absolute Gasteiger partial charge is 0.351 e. The molecule has 0 saturated heterocycles. The highest BCUT2D eigenvalue weighted by atomic mass is 16.1. The van der Waals surface area contributed by atoms with E-state index in [9.17, 15) is 4.79 Å². The minimum absolute atomic E-state index is 0.182. The van der Waals surface area contributed by atoms with Gasteiger partial charge >= 0.3 is 0 Å². The predicted molar refractivity (Wildman–Crippen MR) is 92.0 cm³/mol. The summed E-state index contributed by atoms with van der Waals surface area (Å²) in [6.45, 7) is 3.60. The second-order valence-electron chi connectivity index (χ2n) is 5.69. The molecule has 2 aromatic rings. The number of carbonyl (C=O) groups is 1. The number of aryl methyl sites for hydroxylation is 1.